The number of rotatable bonds is 8. The van der Waals surface area contributed by atoms with Crippen LogP contribution in [0.15, 0.2) is 59.8 Å². The van der Waals surface area contributed by atoms with E-state index in [-0.39, 0.29) is 11.7 Å². The van der Waals surface area contributed by atoms with E-state index in [2.05, 4.69) is 27.0 Å². The van der Waals surface area contributed by atoms with Gasteiger partial charge in [-0.15, -0.1) is 10.2 Å². The van der Waals surface area contributed by atoms with E-state index in [4.69, 9.17) is 0 Å². The fourth-order valence-electron chi connectivity index (χ4n) is 3.36. The fourth-order valence-corrected chi connectivity index (χ4v) is 4.47. The van der Waals surface area contributed by atoms with Crippen LogP contribution in [-0.2, 0) is 11.3 Å². The molecule has 1 atom stereocenters. The molecular weight excluding hydrogens is 396 g/mol. The van der Waals surface area contributed by atoms with Crippen molar-refractivity contribution in [1.82, 2.24) is 14.8 Å². The number of benzene rings is 2. The number of aromatic nitrogens is 3. The molecule has 0 bridgehead atoms. The van der Waals surface area contributed by atoms with Gasteiger partial charge < -0.3 is 9.88 Å². The summed E-state index contributed by atoms with van der Waals surface area (Å²) in [4.78, 5) is 25.0. The number of amides is 1. The van der Waals surface area contributed by atoms with Crippen molar-refractivity contribution in [3.05, 3.63) is 71.5 Å². The summed E-state index contributed by atoms with van der Waals surface area (Å²) in [6.07, 6.45) is 2.30. The van der Waals surface area contributed by atoms with Gasteiger partial charge in [-0.1, -0.05) is 54.2 Å². The Morgan fingerprint density at radius 1 is 1.13 bits per heavy atom. The summed E-state index contributed by atoms with van der Waals surface area (Å²) in [7, 11) is 0. The van der Waals surface area contributed by atoms with Gasteiger partial charge in [0.05, 0.1) is 0 Å². The molecule has 154 valence electrons. The predicted octanol–water partition coefficient (Wildman–Crippen LogP) is 4.85. The Hall–Kier alpha value is -2.93. The van der Waals surface area contributed by atoms with Crippen LogP contribution in [0.3, 0.4) is 0 Å². The molecule has 1 aromatic heterocycles. The van der Waals surface area contributed by atoms with Crippen LogP contribution in [-0.4, -0.2) is 26.5 Å². The molecule has 1 fully saturated rings. The zero-order chi connectivity index (χ0) is 21.1. The minimum atomic E-state index is -0.492. The van der Waals surface area contributed by atoms with Gasteiger partial charge >= 0.3 is 0 Å². The number of thioether (sulfide) groups is 1. The van der Waals surface area contributed by atoms with Crippen LogP contribution >= 0.6 is 11.8 Å². The summed E-state index contributed by atoms with van der Waals surface area (Å²) in [5, 5.41) is 12.0. The Balaban J connectivity index is 1.61. The standard InChI is InChI=1S/C23H24N4O2S/c1-3-27-21(17-12-13-17)25-26-23(27)30-20(16-8-5-4-6-9-16)22(29)24-19-11-7-10-18(14-19)15(2)28/h4-11,14,17,20H,3,12-13H2,1-2H3,(H,24,29). The van der Waals surface area contributed by atoms with Crippen molar-refractivity contribution in [1.29, 1.82) is 0 Å². The van der Waals surface area contributed by atoms with Gasteiger partial charge in [-0.2, -0.15) is 0 Å². The third-order valence-corrected chi connectivity index (χ3v) is 6.34. The van der Waals surface area contributed by atoms with Crippen LogP contribution in [0.4, 0.5) is 5.69 Å². The van der Waals surface area contributed by atoms with Gasteiger partial charge in [-0.3, -0.25) is 9.59 Å². The second-order valence-corrected chi connectivity index (χ2v) is 8.47. The Morgan fingerprint density at radius 2 is 1.90 bits per heavy atom. The maximum atomic E-state index is 13.3. The lowest BCUT2D eigenvalue weighted by atomic mass is 10.1. The average Bonchev–Trinajstić information content (AvgIpc) is 3.52. The molecule has 1 aliphatic carbocycles. The van der Waals surface area contributed by atoms with E-state index in [0.717, 1.165) is 35.9 Å². The van der Waals surface area contributed by atoms with Crippen LogP contribution in [0, 0.1) is 0 Å². The quantitative estimate of drug-likeness (QED) is 0.416. The van der Waals surface area contributed by atoms with E-state index < -0.39 is 5.25 Å². The first-order valence-corrected chi connectivity index (χ1v) is 11.0. The molecule has 1 heterocycles. The summed E-state index contributed by atoms with van der Waals surface area (Å²) in [6.45, 7) is 4.35. The van der Waals surface area contributed by atoms with Crippen LogP contribution in [0.2, 0.25) is 0 Å². The lowest BCUT2D eigenvalue weighted by molar-refractivity contribution is -0.115. The van der Waals surface area contributed by atoms with Gasteiger partial charge in [-0.25, -0.2) is 0 Å². The third-order valence-electron chi connectivity index (χ3n) is 5.10. The highest BCUT2D eigenvalue weighted by Crippen LogP contribution is 2.42. The number of Topliss-reactive ketones (excluding diaryl/α,β-unsaturated/α-hetero) is 1. The van der Waals surface area contributed by atoms with E-state index in [1.807, 2.05) is 30.3 Å². The Bertz CT molecular complexity index is 1060. The second kappa shape index (κ2) is 8.83. The topological polar surface area (TPSA) is 76.9 Å². The maximum absolute atomic E-state index is 13.3. The molecule has 1 aliphatic rings. The molecule has 0 radical (unpaired) electrons. The molecule has 1 amide bonds. The van der Waals surface area contributed by atoms with Crippen molar-refractivity contribution >= 4 is 29.1 Å². The minimum absolute atomic E-state index is 0.0382. The van der Waals surface area contributed by atoms with Crippen LogP contribution in [0.25, 0.3) is 0 Å². The van der Waals surface area contributed by atoms with E-state index >= 15 is 0 Å². The highest BCUT2D eigenvalue weighted by atomic mass is 32.2. The monoisotopic (exact) mass is 420 g/mol. The average molecular weight is 421 g/mol. The van der Waals surface area contributed by atoms with E-state index in [0.29, 0.717) is 17.2 Å². The zero-order valence-electron chi connectivity index (χ0n) is 17.0. The molecule has 6 nitrogen and oxygen atoms in total. The van der Waals surface area contributed by atoms with Crippen molar-refractivity contribution in [3.63, 3.8) is 0 Å². The van der Waals surface area contributed by atoms with Gasteiger partial charge in [0.1, 0.15) is 11.1 Å². The number of hydrogen-bond donors (Lipinski definition) is 1. The van der Waals surface area contributed by atoms with E-state index in [1.54, 1.807) is 24.3 Å². The third kappa shape index (κ3) is 4.46. The number of carbonyl (C=O) groups is 2. The molecule has 1 unspecified atom stereocenters. The van der Waals surface area contributed by atoms with Gasteiger partial charge in [0.15, 0.2) is 10.9 Å². The lowest BCUT2D eigenvalue weighted by Gasteiger charge is -2.17. The Labute approximate surface area is 180 Å². The first-order chi connectivity index (χ1) is 14.6. The first kappa shape index (κ1) is 20.3. The van der Waals surface area contributed by atoms with Crippen molar-refractivity contribution in [2.75, 3.05) is 5.32 Å². The number of nitrogens with zero attached hydrogens (tertiary/aromatic N) is 3. The summed E-state index contributed by atoms with van der Waals surface area (Å²) in [5.74, 6) is 1.31. The van der Waals surface area contributed by atoms with Gasteiger partial charge in [0.25, 0.3) is 0 Å². The number of carbonyl (C=O) groups excluding carboxylic acids is 2. The molecule has 1 saturated carbocycles. The molecule has 1 N–H and O–H groups in total. The second-order valence-electron chi connectivity index (χ2n) is 7.39. The van der Waals surface area contributed by atoms with Gasteiger partial charge in [-0.05, 0) is 44.4 Å². The van der Waals surface area contributed by atoms with Crippen LogP contribution in [0.5, 0.6) is 0 Å². The molecule has 4 rings (SSSR count). The largest absolute Gasteiger partial charge is 0.325 e. The summed E-state index contributed by atoms with van der Waals surface area (Å²) >= 11 is 1.41. The van der Waals surface area contributed by atoms with Crippen molar-refractivity contribution < 1.29 is 9.59 Å². The minimum Gasteiger partial charge on any atom is -0.325 e. The van der Waals surface area contributed by atoms with E-state index in [1.165, 1.54) is 18.7 Å². The number of anilines is 1. The molecular formula is C23H24N4O2S. The SMILES string of the molecule is CCn1c(SC(C(=O)Nc2cccc(C(C)=O)c2)c2ccccc2)nnc1C1CC1. The molecule has 30 heavy (non-hydrogen) atoms. The Kier molecular flexibility index (Phi) is 5.99. The van der Waals surface area contributed by atoms with Crippen molar-refractivity contribution in [3.8, 4) is 0 Å². The number of nitrogens with one attached hydrogen (secondary N) is 1. The zero-order valence-corrected chi connectivity index (χ0v) is 17.9. The summed E-state index contributed by atoms with van der Waals surface area (Å²) < 4.78 is 2.11. The van der Waals surface area contributed by atoms with E-state index in [9.17, 15) is 9.59 Å². The van der Waals surface area contributed by atoms with Gasteiger partial charge in [0.2, 0.25) is 5.91 Å². The Morgan fingerprint density at radius 3 is 2.57 bits per heavy atom. The smallest absolute Gasteiger partial charge is 0.242 e. The normalized spacial score (nSPS) is 14.3. The van der Waals surface area contributed by atoms with Crippen molar-refractivity contribution in [2.24, 2.45) is 0 Å². The molecule has 2 aromatic carbocycles. The lowest BCUT2D eigenvalue weighted by Crippen LogP contribution is -2.20. The molecule has 3 aromatic rings. The summed E-state index contributed by atoms with van der Waals surface area (Å²) in [6, 6.07) is 16.7. The van der Waals surface area contributed by atoms with Gasteiger partial charge in [0, 0.05) is 23.7 Å². The molecule has 0 aliphatic heterocycles. The predicted molar refractivity (Wildman–Crippen MR) is 118 cm³/mol. The highest BCUT2D eigenvalue weighted by molar-refractivity contribution is 8.00. The highest BCUT2D eigenvalue weighted by Gasteiger charge is 2.32. The number of ketones is 1. The molecule has 0 spiro atoms. The number of hydrogen-bond acceptors (Lipinski definition) is 5. The van der Waals surface area contributed by atoms with Crippen molar-refractivity contribution in [2.45, 2.75) is 49.6 Å². The fraction of sp³-hybridized carbons (Fsp3) is 0.304. The van der Waals surface area contributed by atoms with Crippen LogP contribution < -0.4 is 5.32 Å². The molecule has 0 saturated heterocycles. The van der Waals surface area contributed by atoms with Crippen LogP contribution in [0.1, 0.15) is 59.6 Å². The summed E-state index contributed by atoms with van der Waals surface area (Å²) in [5.41, 5.74) is 2.06. The molecule has 7 heteroatoms. The maximum Gasteiger partial charge on any atom is 0.242 e. The first-order valence-electron chi connectivity index (χ1n) is 10.1.